The summed E-state index contributed by atoms with van der Waals surface area (Å²) < 4.78 is 23.1. The van der Waals surface area contributed by atoms with Crippen LogP contribution in [-0.4, -0.2) is 20.5 Å². The first kappa shape index (κ1) is 21.8. The molecular weight excluding hydrogens is 418 g/mol. The fourth-order valence-corrected chi connectivity index (χ4v) is 3.43. The minimum Gasteiger partial charge on any atom is -0.365 e. The molecule has 0 atom stereocenters. The number of aryl methyl sites for hydroxylation is 1. The lowest BCUT2D eigenvalue weighted by molar-refractivity contribution is -0.111. The number of hydrazone groups is 1. The molecule has 158 valence electrons. The van der Waals surface area contributed by atoms with Crippen molar-refractivity contribution in [3.8, 4) is 11.1 Å². The highest BCUT2D eigenvalue weighted by Crippen LogP contribution is 2.34. The summed E-state index contributed by atoms with van der Waals surface area (Å²) in [7, 11) is -3.86. The molecule has 4 N–H and O–H groups in total. The lowest BCUT2D eigenvalue weighted by Gasteiger charge is -2.22. The van der Waals surface area contributed by atoms with Gasteiger partial charge in [-0.25, -0.2) is 18.6 Å². The van der Waals surface area contributed by atoms with Crippen LogP contribution < -0.4 is 15.9 Å². The van der Waals surface area contributed by atoms with Gasteiger partial charge in [0.15, 0.2) is 0 Å². The monoisotopic (exact) mass is 437 g/mol. The summed E-state index contributed by atoms with van der Waals surface area (Å²) in [5.41, 5.74) is 8.98. The summed E-state index contributed by atoms with van der Waals surface area (Å²) >= 11 is 0. The first-order valence-corrected chi connectivity index (χ1v) is 10.5. The number of primary sulfonamides is 1. The van der Waals surface area contributed by atoms with Crippen molar-refractivity contribution in [2.24, 2.45) is 21.2 Å². The Hall–Kier alpha value is -3.89. The lowest BCUT2D eigenvalue weighted by atomic mass is 10.0. The number of nitrogens with zero attached hydrogens (tertiary/aromatic N) is 3. The van der Waals surface area contributed by atoms with E-state index in [4.69, 9.17) is 10.9 Å². The third kappa shape index (κ3) is 5.18. The molecule has 0 spiro atoms. The van der Waals surface area contributed by atoms with Crippen LogP contribution in [0.1, 0.15) is 5.56 Å². The SMILES string of the molecule is Cc1ccc(-c2cccc(N=O)c2)cc1N(/N=C/C(N)=O)c1ccc(S(N)(=O)=O)cc1. The number of nitroso groups, excluding NO2 is 1. The van der Waals surface area contributed by atoms with Gasteiger partial charge in [0, 0.05) is 0 Å². The average Bonchev–Trinajstić information content (AvgIpc) is 2.74. The second-order valence-electron chi connectivity index (χ2n) is 6.64. The molecule has 0 unspecified atom stereocenters. The smallest absolute Gasteiger partial charge is 0.261 e. The molecule has 3 aromatic carbocycles. The van der Waals surface area contributed by atoms with E-state index in [9.17, 15) is 18.1 Å². The van der Waals surface area contributed by atoms with Gasteiger partial charge in [-0.05, 0) is 71.3 Å². The van der Waals surface area contributed by atoms with E-state index in [1.807, 2.05) is 31.2 Å². The maximum absolute atomic E-state index is 11.6. The number of carbonyl (C=O) groups is 1. The van der Waals surface area contributed by atoms with Crippen LogP contribution in [0, 0.1) is 11.8 Å². The fourth-order valence-electron chi connectivity index (χ4n) is 2.92. The van der Waals surface area contributed by atoms with Gasteiger partial charge in [-0.2, -0.15) is 5.10 Å². The largest absolute Gasteiger partial charge is 0.365 e. The predicted octanol–water partition coefficient (Wildman–Crippen LogP) is 3.32. The first-order valence-electron chi connectivity index (χ1n) is 9.00. The molecule has 1 amide bonds. The average molecular weight is 437 g/mol. The standard InChI is InChI=1S/C21H19N5O4S/c1-14-5-6-16(15-3-2-4-17(11-15)25-28)12-20(14)26(24-13-21(22)27)18-7-9-19(10-8-18)31(23,29)30/h2-13H,1H3,(H2,22,27)(H2,23,29,30)/b24-13+. The normalized spacial score (nSPS) is 11.4. The van der Waals surface area contributed by atoms with Crippen LogP contribution >= 0.6 is 0 Å². The molecule has 0 heterocycles. The number of benzene rings is 3. The molecule has 0 saturated carbocycles. The van der Waals surface area contributed by atoms with E-state index in [0.717, 1.165) is 22.9 Å². The lowest BCUT2D eigenvalue weighted by Crippen LogP contribution is -2.17. The van der Waals surface area contributed by atoms with Crippen LogP contribution in [0.4, 0.5) is 17.1 Å². The Labute approximate surface area is 179 Å². The third-order valence-electron chi connectivity index (χ3n) is 4.43. The summed E-state index contributed by atoms with van der Waals surface area (Å²) in [6, 6.07) is 18.1. The Bertz CT molecular complexity index is 1270. The van der Waals surface area contributed by atoms with E-state index in [-0.39, 0.29) is 4.90 Å². The highest BCUT2D eigenvalue weighted by Gasteiger charge is 2.15. The number of rotatable bonds is 7. The van der Waals surface area contributed by atoms with E-state index >= 15 is 0 Å². The number of sulfonamides is 1. The van der Waals surface area contributed by atoms with Crippen molar-refractivity contribution >= 4 is 39.2 Å². The van der Waals surface area contributed by atoms with Gasteiger partial charge in [0.25, 0.3) is 5.91 Å². The second kappa shape index (κ2) is 8.86. The minimum absolute atomic E-state index is 0.0567. The topological polar surface area (TPSA) is 148 Å². The highest BCUT2D eigenvalue weighted by atomic mass is 32.2. The quantitative estimate of drug-likeness (QED) is 0.330. The zero-order valence-electron chi connectivity index (χ0n) is 16.5. The van der Waals surface area contributed by atoms with Crippen molar-refractivity contribution in [3.05, 3.63) is 77.2 Å². The minimum atomic E-state index is -3.86. The molecule has 0 radical (unpaired) electrons. The number of hydrogen-bond donors (Lipinski definition) is 2. The van der Waals surface area contributed by atoms with Crippen LogP contribution in [0.3, 0.4) is 0 Å². The molecule has 0 bridgehead atoms. The molecule has 3 rings (SSSR count). The van der Waals surface area contributed by atoms with E-state index in [1.54, 1.807) is 18.2 Å². The van der Waals surface area contributed by atoms with Crippen LogP contribution in [-0.2, 0) is 14.8 Å². The fraction of sp³-hybridized carbons (Fsp3) is 0.0476. The maximum atomic E-state index is 11.6. The van der Waals surface area contributed by atoms with Crippen LogP contribution in [0.5, 0.6) is 0 Å². The van der Waals surface area contributed by atoms with Gasteiger partial charge in [0.05, 0.1) is 16.3 Å². The summed E-state index contributed by atoms with van der Waals surface area (Å²) in [4.78, 5) is 22.1. The molecule has 0 aliphatic rings. The second-order valence-corrected chi connectivity index (χ2v) is 8.20. The number of anilines is 2. The maximum Gasteiger partial charge on any atom is 0.261 e. The van der Waals surface area contributed by atoms with Gasteiger partial charge < -0.3 is 5.73 Å². The Kier molecular flexibility index (Phi) is 6.23. The van der Waals surface area contributed by atoms with E-state index < -0.39 is 15.9 Å². The van der Waals surface area contributed by atoms with E-state index in [2.05, 4.69) is 10.3 Å². The van der Waals surface area contributed by atoms with E-state index in [0.29, 0.717) is 17.1 Å². The van der Waals surface area contributed by atoms with Crippen LogP contribution in [0.2, 0.25) is 0 Å². The Balaban J connectivity index is 2.13. The van der Waals surface area contributed by atoms with E-state index in [1.165, 1.54) is 29.3 Å². The van der Waals surface area contributed by atoms with Gasteiger partial charge in [-0.3, -0.25) is 4.79 Å². The number of nitrogens with two attached hydrogens (primary N) is 2. The van der Waals surface area contributed by atoms with Crippen molar-refractivity contribution in [1.29, 1.82) is 0 Å². The van der Waals surface area contributed by atoms with Crippen LogP contribution in [0.15, 0.2) is 81.9 Å². The number of primary amides is 1. The summed E-state index contributed by atoms with van der Waals surface area (Å²) in [6.45, 7) is 1.86. The van der Waals surface area contributed by atoms with Gasteiger partial charge in [-0.1, -0.05) is 24.3 Å². The zero-order valence-corrected chi connectivity index (χ0v) is 17.3. The molecule has 0 aliphatic carbocycles. The predicted molar refractivity (Wildman–Crippen MR) is 120 cm³/mol. The molecule has 31 heavy (non-hydrogen) atoms. The molecule has 0 saturated heterocycles. The van der Waals surface area contributed by atoms with Crippen molar-refractivity contribution < 1.29 is 13.2 Å². The third-order valence-corrected chi connectivity index (χ3v) is 5.36. The van der Waals surface area contributed by atoms with Gasteiger partial charge in [0.1, 0.15) is 11.9 Å². The first-order chi connectivity index (χ1) is 14.7. The molecule has 0 aromatic heterocycles. The summed E-state index contributed by atoms with van der Waals surface area (Å²) in [5, 5.41) is 13.8. The highest BCUT2D eigenvalue weighted by molar-refractivity contribution is 7.89. The van der Waals surface area contributed by atoms with Gasteiger partial charge in [-0.15, -0.1) is 4.91 Å². The molecule has 9 nitrogen and oxygen atoms in total. The molecule has 0 fully saturated rings. The van der Waals surface area contributed by atoms with Crippen molar-refractivity contribution in [3.63, 3.8) is 0 Å². The Morgan fingerprint density at radius 2 is 1.68 bits per heavy atom. The Morgan fingerprint density at radius 1 is 1.00 bits per heavy atom. The number of hydrogen-bond acceptors (Lipinski definition) is 7. The van der Waals surface area contributed by atoms with Crippen molar-refractivity contribution in [1.82, 2.24) is 0 Å². The number of carbonyl (C=O) groups excluding carboxylic acids is 1. The molecule has 10 heteroatoms. The zero-order chi connectivity index (χ0) is 22.6. The Morgan fingerprint density at radius 3 is 2.29 bits per heavy atom. The van der Waals surface area contributed by atoms with Crippen LogP contribution in [0.25, 0.3) is 11.1 Å². The molecular formula is C21H19N5O4S. The van der Waals surface area contributed by atoms with Crippen molar-refractivity contribution in [2.45, 2.75) is 11.8 Å². The van der Waals surface area contributed by atoms with Gasteiger partial charge >= 0.3 is 0 Å². The summed E-state index contributed by atoms with van der Waals surface area (Å²) in [5.74, 6) is -0.746. The van der Waals surface area contributed by atoms with Crippen molar-refractivity contribution in [2.75, 3.05) is 5.01 Å². The van der Waals surface area contributed by atoms with Gasteiger partial charge in [0.2, 0.25) is 10.0 Å². The number of amides is 1. The summed E-state index contributed by atoms with van der Waals surface area (Å²) in [6.07, 6.45) is 0.955. The molecule has 3 aromatic rings. The molecule has 0 aliphatic heterocycles.